The average molecular weight is 268 g/mol. The molecule has 2 aliphatic rings. The van der Waals surface area contributed by atoms with Gasteiger partial charge in [0.2, 0.25) is 5.91 Å². The summed E-state index contributed by atoms with van der Waals surface area (Å²) < 4.78 is 0. The van der Waals surface area contributed by atoms with E-state index in [1.165, 1.54) is 19.3 Å². The van der Waals surface area contributed by atoms with E-state index in [0.29, 0.717) is 12.5 Å². The number of amides is 1. The van der Waals surface area contributed by atoms with E-state index in [0.717, 1.165) is 19.5 Å². The number of nitrogens with one attached hydrogen (secondary N) is 1. The zero-order valence-electron chi connectivity index (χ0n) is 11.6. The summed E-state index contributed by atoms with van der Waals surface area (Å²) in [5.74, 6) is -0.924. The minimum absolute atomic E-state index is 0.00572. The lowest BCUT2D eigenvalue weighted by molar-refractivity contribution is -0.138. The molecular formula is C14H24N2O3. The number of rotatable bonds is 5. The van der Waals surface area contributed by atoms with Crippen LogP contribution < -0.4 is 5.32 Å². The van der Waals surface area contributed by atoms with Crippen LogP contribution in [0.5, 0.6) is 0 Å². The fourth-order valence-corrected chi connectivity index (χ4v) is 3.37. The zero-order valence-corrected chi connectivity index (χ0v) is 11.6. The van der Waals surface area contributed by atoms with Crippen LogP contribution in [0.2, 0.25) is 0 Å². The minimum Gasteiger partial charge on any atom is -0.481 e. The molecule has 0 saturated carbocycles. The van der Waals surface area contributed by atoms with Crippen molar-refractivity contribution in [2.75, 3.05) is 13.1 Å². The molecule has 0 bridgehead atoms. The Kier molecular flexibility index (Phi) is 4.80. The van der Waals surface area contributed by atoms with Gasteiger partial charge in [-0.2, -0.15) is 0 Å². The lowest BCUT2D eigenvalue weighted by atomic mass is 9.98. The van der Waals surface area contributed by atoms with E-state index in [-0.39, 0.29) is 24.3 Å². The molecule has 1 amide bonds. The van der Waals surface area contributed by atoms with Gasteiger partial charge in [-0.15, -0.1) is 0 Å². The monoisotopic (exact) mass is 268 g/mol. The number of piperidine rings is 1. The molecule has 0 aromatic rings. The third kappa shape index (κ3) is 3.93. The van der Waals surface area contributed by atoms with Gasteiger partial charge in [0.15, 0.2) is 0 Å². The van der Waals surface area contributed by atoms with Crippen molar-refractivity contribution in [1.29, 1.82) is 0 Å². The quantitative estimate of drug-likeness (QED) is 0.787. The highest BCUT2D eigenvalue weighted by atomic mass is 16.4. The number of aliphatic carboxylic acids is 1. The van der Waals surface area contributed by atoms with Crippen LogP contribution in [0.25, 0.3) is 0 Å². The van der Waals surface area contributed by atoms with Gasteiger partial charge < -0.3 is 10.4 Å². The van der Waals surface area contributed by atoms with Crippen LogP contribution in [0.15, 0.2) is 0 Å². The van der Waals surface area contributed by atoms with Crippen LogP contribution in [0.3, 0.4) is 0 Å². The summed E-state index contributed by atoms with van der Waals surface area (Å²) >= 11 is 0. The molecule has 2 heterocycles. The van der Waals surface area contributed by atoms with E-state index >= 15 is 0 Å². The van der Waals surface area contributed by atoms with Crippen LogP contribution in [-0.2, 0) is 9.59 Å². The Bertz CT molecular complexity index is 346. The van der Waals surface area contributed by atoms with Crippen molar-refractivity contribution in [2.45, 2.75) is 57.5 Å². The van der Waals surface area contributed by atoms with Crippen molar-refractivity contribution >= 4 is 11.9 Å². The van der Waals surface area contributed by atoms with E-state index in [1.54, 1.807) is 0 Å². The molecule has 0 aromatic heterocycles. The topological polar surface area (TPSA) is 69.6 Å². The van der Waals surface area contributed by atoms with Crippen molar-refractivity contribution in [3.05, 3.63) is 0 Å². The van der Waals surface area contributed by atoms with E-state index in [2.05, 4.69) is 10.2 Å². The largest absolute Gasteiger partial charge is 0.481 e. The third-order valence-corrected chi connectivity index (χ3v) is 4.26. The SMILES string of the molecule is CC(CC(=O)O)CC(=O)NC1CCN2CCCCC12. The predicted molar refractivity (Wildman–Crippen MR) is 71.8 cm³/mol. The summed E-state index contributed by atoms with van der Waals surface area (Å²) in [6, 6.07) is 0.775. The van der Waals surface area contributed by atoms with E-state index < -0.39 is 5.97 Å². The summed E-state index contributed by atoms with van der Waals surface area (Å²) in [4.78, 5) is 25.0. The van der Waals surface area contributed by atoms with Crippen LogP contribution >= 0.6 is 0 Å². The van der Waals surface area contributed by atoms with Gasteiger partial charge in [0.05, 0.1) is 0 Å². The number of carbonyl (C=O) groups excluding carboxylic acids is 1. The minimum atomic E-state index is -0.834. The van der Waals surface area contributed by atoms with Crippen molar-refractivity contribution in [3.63, 3.8) is 0 Å². The summed E-state index contributed by atoms with van der Waals surface area (Å²) in [6.45, 7) is 4.06. The van der Waals surface area contributed by atoms with E-state index in [4.69, 9.17) is 5.11 Å². The molecular weight excluding hydrogens is 244 g/mol. The number of hydrogen-bond donors (Lipinski definition) is 2. The normalized spacial score (nSPS) is 28.7. The maximum atomic E-state index is 11.9. The maximum absolute atomic E-state index is 11.9. The van der Waals surface area contributed by atoms with Crippen LogP contribution in [0, 0.1) is 5.92 Å². The Balaban J connectivity index is 1.77. The predicted octanol–water partition coefficient (Wildman–Crippen LogP) is 1.23. The van der Waals surface area contributed by atoms with Crippen molar-refractivity contribution in [3.8, 4) is 0 Å². The Labute approximate surface area is 114 Å². The first-order valence-corrected chi connectivity index (χ1v) is 7.31. The molecule has 0 spiro atoms. The Morgan fingerprint density at radius 2 is 2.05 bits per heavy atom. The highest BCUT2D eigenvalue weighted by Crippen LogP contribution is 2.27. The zero-order chi connectivity index (χ0) is 13.8. The van der Waals surface area contributed by atoms with Crippen LogP contribution in [0.1, 0.15) is 45.4 Å². The smallest absolute Gasteiger partial charge is 0.303 e. The van der Waals surface area contributed by atoms with Gasteiger partial charge >= 0.3 is 5.97 Å². The van der Waals surface area contributed by atoms with Gasteiger partial charge in [-0.05, 0) is 31.7 Å². The molecule has 3 atom stereocenters. The highest BCUT2D eigenvalue weighted by Gasteiger charge is 2.36. The molecule has 2 fully saturated rings. The number of fused-ring (bicyclic) bond motifs is 1. The molecule has 5 nitrogen and oxygen atoms in total. The molecule has 0 aromatic carbocycles. The molecule has 2 N–H and O–H groups in total. The van der Waals surface area contributed by atoms with Gasteiger partial charge in [0, 0.05) is 31.5 Å². The summed E-state index contributed by atoms with van der Waals surface area (Å²) in [5.41, 5.74) is 0. The van der Waals surface area contributed by atoms with E-state index in [9.17, 15) is 9.59 Å². The molecule has 19 heavy (non-hydrogen) atoms. The standard InChI is InChI=1S/C14H24N2O3/c1-10(9-14(18)19)8-13(17)15-11-5-7-16-6-3-2-4-12(11)16/h10-12H,2-9H2,1H3,(H,15,17)(H,18,19). The third-order valence-electron chi connectivity index (χ3n) is 4.26. The second kappa shape index (κ2) is 6.37. The Morgan fingerprint density at radius 1 is 1.26 bits per heavy atom. The maximum Gasteiger partial charge on any atom is 0.303 e. The van der Waals surface area contributed by atoms with Crippen LogP contribution in [0.4, 0.5) is 0 Å². The first-order valence-electron chi connectivity index (χ1n) is 7.31. The summed E-state index contributed by atoms with van der Waals surface area (Å²) in [5, 5.41) is 11.8. The number of carboxylic acid groups (broad SMARTS) is 1. The average Bonchev–Trinajstić information content (AvgIpc) is 2.71. The molecule has 2 rings (SSSR count). The van der Waals surface area contributed by atoms with Crippen molar-refractivity contribution in [1.82, 2.24) is 10.2 Å². The number of hydrogen-bond acceptors (Lipinski definition) is 3. The first-order chi connectivity index (χ1) is 9.06. The molecule has 0 radical (unpaired) electrons. The van der Waals surface area contributed by atoms with Gasteiger partial charge in [-0.1, -0.05) is 13.3 Å². The van der Waals surface area contributed by atoms with Gasteiger partial charge in [-0.3, -0.25) is 14.5 Å². The number of carbonyl (C=O) groups is 2. The van der Waals surface area contributed by atoms with Gasteiger partial charge in [0.25, 0.3) is 0 Å². The number of nitrogens with zero attached hydrogens (tertiary/aromatic N) is 1. The molecule has 2 aliphatic heterocycles. The lowest BCUT2D eigenvalue weighted by Gasteiger charge is -2.32. The summed E-state index contributed by atoms with van der Waals surface area (Å²) in [6.07, 6.45) is 5.11. The Hall–Kier alpha value is -1.10. The first kappa shape index (κ1) is 14.3. The molecule has 2 saturated heterocycles. The molecule has 108 valence electrons. The van der Waals surface area contributed by atoms with Crippen LogP contribution in [-0.4, -0.2) is 47.1 Å². The highest BCUT2D eigenvalue weighted by molar-refractivity contribution is 5.77. The molecule has 3 unspecified atom stereocenters. The van der Waals surface area contributed by atoms with Gasteiger partial charge in [-0.25, -0.2) is 0 Å². The second-order valence-electron chi connectivity index (χ2n) is 5.97. The van der Waals surface area contributed by atoms with Gasteiger partial charge in [0.1, 0.15) is 0 Å². The fraction of sp³-hybridized carbons (Fsp3) is 0.857. The fourth-order valence-electron chi connectivity index (χ4n) is 3.37. The van der Waals surface area contributed by atoms with Crippen molar-refractivity contribution < 1.29 is 14.7 Å². The van der Waals surface area contributed by atoms with Crippen molar-refractivity contribution in [2.24, 2.45) is 5.92 Å². The molecule has 0 aliphatic carbocycles. The lowest BCUT2D eigenvalue weighted by Crippen LogP contribution is -2.47. The second-order valence-corrected chi connectivity index (χ2v) is 5.97. The Morgan fingerprint density at radius 3 is 2.79 bits per heavy atom. The summed E-state index contributed by atoms with van der Waals surface area (Å²) in [7, 11) is 0. The number of carboxylic acids is 1. The van der Waals surface area contributed by atoms with E-state index in [1.807, 2.05) is 6.92 Å². The molecule has 5 heteroatoms.